The van der Waals surface area contributed by atoms with E-state index in [0.29, 0.717) is 24.8 Å². The molecule has 0 unspecified atom stereocenters. The lowest BCUT2D eigenvalue weighted by molar-refractivity contribution is 0.0519. The van der Waals surface area contributed by atoms with Gasteiger partial charge in [-0.05, 0) is 24.7 Å². The summed E-state index contributed by atoms with van der Waals surface area (Å²) in [5.74, 6) is 0.967. The van der Waals surface area contributed by atoms with E-state index in [1.807, 2.05) is 0 Å². The molecule has 20 heavy (non-hydrogen) atoms. The molecule has 2 amide bonds. The summed E-state index contributed by atoms with van der Waals surface area (Å²) < 4.78 is 4.84. The van der Waals surface area contributed by atoms with Crippen molar-refractivity contribution in [2.45, 2.75) is 39.7 Å². The molecule has 7 nitrogen and oxygen atoms in total. The van der Waals surface area contributed by atoms with Gasteiger partial charge in [0.25, 0.3) is 0 Å². The zero-order valence-electron chi connectivity index (χ0n) is 12.1. The third-order valence-electron chi connectivity index (χ3n) is 4.16. The highest BCUT2D eigenvalue weighted by Crippen LogP contribution is 2.34. The van der Waals surface area contributed by atoms with E-state index in [1.54, 1.807) is 11.8 Å². The maximum absolute atomic E-state index is 12.0. The number of hydrogen-bond donors (Lipinski definition) is 2. The molecule has 1 aromatic rings. The van der Waals surface area contributed by atoms with Gasteiger partial charge in [-0.15, -0.1) is 0 Å². The minimum atomic E-state index is -0.116. The minimum absolute atomic E-state index is 0.0123. The predicted octanol–water partition coefficient (Wildman–Crippen LogP) is 1.07. The van der Waals surface area contributed by atoms with Crippen LogP contribution in [0, 0.1) is 12.3 Å². The maximum atomic E-state index is 12.0. The number of carbonyl (C=O) groups excluding carboxylic acids is 1. The van der Waals surface area contributed by atoms with Crippen LogP contribution in [-0.2, 0) is 6.54 Å². The van der Waals surface area contributed by atoms with Crippen molar-refractivity contribution in [1.29, 1.82) is 0 Å². The monoisotopic (exact) mass is 282 g/mol. The molecule has 0 bridgehead atoms. The lowest BCUT2D eigenvalue weighted by Crippen LogP contribution is -2.48. The molecule has 0 spiro atoms. The Kier molecular flexibility index (Phi) is 4.59. The summed E-state index contributed by atoms with van der Waals surface area (Å²) in [6, 6.07) is -0.116. The number of hydrogen-bond acceptors (Lipinski definition) is 5. The second-order valence-corrected chi connectivity index (χ2v) is 5.39. The fourth-order valence-corrected chi connectivity index (χ4v) is 2.49. The number of urea groups is 1. The summed E-state index contributed by atoms with van der Waals surface area (Å²) in [7, 11) is 0. The molecule has 2 N–H and O–H groups in total. The van der Waals surface area contributed by atoms with Crippen LogP contribution in [0.1, 0.15) is 37.9 Å². The summed E-state index contributed by atoms with van der Waals surface area (Å²) >= 11 is 0. The second-order valence-electron chi connectivity index (χ2n) is 5.39. The quantitative estimate of drug-likeness (QED) is 0.862. The summed E-state index contributed by atoms with van der Waals surface area (Å²) in [5, 5.41) is 16.0. The van der Waals surface area contributed by atoms with Crippen molar-refractivity contribution in [2.75, 3.05) is 19.7 Å². The van der Waals surface area contributed by atoms with Gasteiger partial charge in [0, 0.05) is 26.6 Å². The molecular weight excluding hydrogens is 260 g/mol. The van der Waals surface area contributed by atoms with E-state index in [1.165, 1.54) is 0 Å². The lowest BCUT2D eigenvalue weighted by Gasteiger charge is -2.40. The van der Waals surface area contributed by atoms with Crippen LogP contribution < -0.4 is 5.32 Å². The van der Waals surface area contributed by atoms with Crippen molar-refractivity contribution in [3.05, 3.63) is 11.7 Å². The number of rotatable bonds is 4. The zero-order chi connectivity index (χ0) is 14.6. The first-order valence-corrected chi connectivity index (χ1v) is 7.01. The van der Waals surface area contributed by atoms with E-state index in [4.69, 9.17) is 4.52 Å². The van der Waals surface area contributed by atoms with Gasteiger partial charge in [0.1, 0.15) is 0 Å². The third-order valence-corrected chi connectivity index (χ3v) is 4.16. The molecule has 1 aliphatic heterocycles. The number of aliphatic hydroxyl groups excluding tert-OH is 1. The number of piperidine rings is 1. The zero-order valence-corrected chi connectivity index (χ0v) is 12.1. The number of aryl methyl sites for hydroxylation is 1. The van der Waals surface area contributed by atoms with Crippen LogP contribution in [0.25, 0.3) is 0 Å². The molecule has 0 aromatic carbocycles. The Balaban J connectivity index is 1.80. The number of nitrogens with one attached hydrogen (secondary N) is 1. The number of aliphatic hydroxyl groups is 1. The van der Waals surface area contributed by atoms with Crippen LogP contribution in [0.5, 0.6) is 0 Å². The van der Waals surface area contributed by atoms with Gasteiger partial charge in [0.15, 0.2) is 5.82 Å². The van der Waals surface area contributed by atoms with Crippen molar-refractivity contribution in [2.24, 2.45) is 5.41 Å². The molecule has 0 atom stereocenters. The van der Waals surface area contributed by atoms with Crippen LogP contribution >= 0.6 is 0 Å². The Bertz CT molecular complexity index is 446. The summed E-state index contributed by atoms with van der Waals surface area (Å²) in [5.41, 5.74) is -0.0123. The number of amides is 2. The smallest absolute Gasteiger partial charge is 0.317 e. The first-order valence-electron chi connectivity index (χ1n) is 7.01. The van der Waals surface area contributed by atoms with E-state index in [9.17, 15) is 9.90 Å². The normalized spacial score (nSPS) is 18.1. The van der Waals surface area contributed by atoms with Gasteiger partial charge in [-0.3, -0.25) is 0 Å². The fraction of sp³-hybridized carbons (Fsp3) is 0.769. The topological polar surface area (TPSA) is 91.5 Å². The summed E-state index contributed by atoms with van der Waals surface area (Å²) in [6.07, 6.45) is 2.63. The largest absolute Gasteiger partial charge is 0.396 e. The Labute approximate surface area is 118 Å². The summed E-state index contributed by atoms with van der Waals surface area (Å²) in [4.78, 5) is 17.8. The predicted molar refractivity (Wildman–Crippen MR) is 71.9 cm³/mol. The van der Waals surface area contributed by atoms with Crippen LogP contribution in [0.2, 0.25) is 0 Å². The number of carbonyl (C=O) groups is 1. The Morgan fingerprint density at radius 2 is 2.20 bits per heavy atom. The highest BCUT2D eigenvalue weighted by atomic mass is 16.5. The van der Waals surface area contributed by atoms with Crippen LogP contribution in [-0.4, -0.2) is 45.9 Å². The molecule has 1 saturated heterocycles. The first-order chi connectivity index (χ1) is 9.58. The molecule has 1 aliphatic rings. The number of aromatic nitrogens is 2. The van der Waals surface area contributed by atoms with E-state index >= 15 is 0 Å². The van der Waals surface area contributed by atoms with E-state index in [2.05, 4.69) is 22.4 Å². The molecule has 112 valence electrons. The lowest BCUT2D eigenvalue weighted by atomic mass is 9.77. The Hall–Kier alpha value is -1.63. The van der Waals surface area contributed by atoms with Gasteiger partial charge in [-0.25, -0.2) is 4.79 Å². The maximum Gasteiger partial charge on any atom is 0.317 e. The van der Waals surface area contributed by atoms with Crippen molar-refractivity contribution in [3.63, 3.8) is 0 Å². The molecule has 2 rings (SSSR count). The molecular formula is C13H22N4O3. The van der Waals surface area contributed by atoms with Gasteiger partial charge in [-0.1, -0.05) is 12.1 Å². The number of nitrogens with zero attached hydrogens (tertiary/aromatic N) is 3. The van der Waals surface area contributed by atoms with E-state index in [0.717, 1.165) is 19.3 Å². The standard InChI is InChI=1S/C13H22N4O3/c1-3-13(9-18)4-6-17(7-5-13)12(19)14-8-11-15-10(2)20-16-11/h18H,3-9H2,1-2H3,(H,14,19). The van der Waals surface area contributed by atoms with Crippen LogP contribution in [0.4, 0.5) is 4.79 Å². The molecule has 0 saturated carbocycles. The third kappa shape index (κ3) is 3.27. The van der Waals surface area contributed by atoms with Gasteiger partial charge in [0.2, 0.25) is 5.89 Å². The van der Waals surface area contributed by atoms with Gasteiger partial charge < -0.3 is 19.8 Å². The van der Waals surface area contributed by atoms with E-state index < -0.39 is 0 Å². The van der Waals surface area contributed by atoms with Gasteiger partial charge in [-0.2, -0.15) is 4.98 Å². The fourth-order valence-electron chi connectivity index (χ4n) is 2.49. The minimum Gasteiger partial charge on any atom is -0.396 e. The number of likely N-dealkylation sites (tertiary alicyclic amines) is 1. The molecule has 7 heteroatoms. The Morgan fingerprint density at radius 3 is 2.70 bits per heavy atom. The molecule has 1 aromatic heterocycles. The van der Waals surface area contributed by atoms with Crippen LogP contribution in [0.15, 0.2) is 4.52 Å². The average molecular weight is 282 g/mol. The SMILES string of the molecule is CCC1(CO)CCN(C(=O)NCc2noc(C)n2)CC1. The molecule has 0 aliphatic carbocycles. The van der Waals surface area contributed by atoms with Gasteiger partial charge in [0.05, 0.1) is 6.54 Å². The van der Waals surface area contributed by atoms with E-state index in [-0.39, 0.29) is 24.6 Å². The van der Waals surface area contributed by atoms with Crippen molar-refractivity contribution >= 4 is 6.03 Å². The molecule has 0 radical (unpaired) electrons. The molecule has 1 fully saturated rings. The first kappa shape index (κ1) is 14.8. The highest BCUT2D eigenvalue weighted by Gasteiger charge is 2.33. The second kappa shape index (κ2) is 6.21. The summed E-state index contributed by atoms with van der Waals surface area (Å²) in [6.45, 7) is 5.61. The highest BCUT2D eigenvalue weighted by molar-refractivity contribution is 5.74. The van der Waals surface area contributed by atoms with Crippen LogP contribution in [0.3, 0.4) is 0 Å². The Morgan fingerprint density at radius 1 is 1.50 bits per heavy atom. The van der Waals surface area contributed by atoms with Crippen molar-refractivity contribution in [3.8, 4) is 0 Å². The van der Waals surface area contributed by atoms with Gasteiger partial charge >= 0.3 is 6.03 Å². The van der Waals surface area contributed by atoms with Crippen molar-refractivity contribution < 1.29 is 14.4 Å². The average Bonchev–Trinajstić information content (AvgIpc) is 2.90. The molecule has 2 heterocycles. The van der Waals surface area contributed by atoms with Crippen molar-refractivity contribution in [1.82, 2.24) is 20.4 Å².